The SMILES string of the molecule is CCCCOCCc1ccc(Nc2ccc(O)c3c2C(=O)c2c([NH+]([O-])O)ccc(O)c2C3=O)cc1. The monoisotopic (exact) mass is 478 g/mol. The van der Waals surface area contributed by atoms with E-state index < -0.39 is 45.1 Å². The maximum Gasteiger partial charge on any atom is 0.203 e. The summed E-state index contributed by atoms with van der Waals surface area (Å²) >= 11 is 0. The molecule has 0 aliphatic heterocycles. The molecule has 9 heteroatoms. The number of rotatable bonds is 9. The van der Waals surface area contributed by atoms with Crippen LogP contribution in [-0.4, -0.2) is 40.2 Å². The van der Waals surface area contributed by atoms with Gasteiger partial charge in [0.25, 0.3) is 0 Å². The predicted molar refractivity (Wildman–Crippen MR) is 128 cm³/mol. The first-order valence-corrected chi connectivity index (χ1v) is 11.3. The minimum Gasteiger partial charge on any atom is -0.595 e. The summed E-state index contributed by atoms with van der Waals surface area (Å²) in [6, 6.07) is 12.3. The van der Waals surface area contributed by atoms with Gasteiger partial charge in [0, 0.05) is 18.4 Å². The molecule has 1 atom stereocenters. The van der Waals surface area contributed by atoms with Crippen molar-refractivity contribution in [2.24, 2.45) is 0 Å². The van der Waals surface area contributed by atoms with Gasteiger partial charge in [0.15, 0.2) is 5.69 Å². The molecule has 0 bridgehead atoms. The molecule has 35 heavy (non-hydrogen) atoms. The van der Waals surface area contributed by atoms with Crippen LogP contribution in [0, 0.1) is 5.21 Å². The number of ether oxygens (including phenoxy) is 1. The Morgan fingerprint density at radius 1 is 0.857 bits per heavy atom. The van der Waals surface area contributed by atoms with Crippen molar-refractivity contribution in [1.29, 1.82) is 0 Å². The van der Waals surface area contributed by atoms with Gasteiger partial charge in [0.05, 0.1) is 29.0 Å². The van der Waals surface area contributed by atoms with Crippen molar-refractivity contribution in [2.45, 2.75) is 26.2 Å². The number of nitrogens with one attached hydrogen (secondary N) is 2. The van der Waals surface area contributed by atoms with Crippen molar-refractivity contribution in [2.75, 3.05) is 18.5 Å². The zero-order valence-corrected chi connectivity index (χ0v) is 19.1. The Bertz CT molecular complexity index is 1270. The van der Waals surface area contributed by atoms with E-state index in [4.69, 9.17) is 4.74 Å². The number of carbonyl (C=O) groups excluding carboxylic acids is 2. The molecule has 3 aromatic carbocycles. The topological polar surface area (TPSA) is 144 Å². The van der Waals surface area contributed by atoms with Gasteiger partial charge < -0.3 is 25.5 Å². The normalized spacial score (nSPS) is 13.3. The van der Waals surface area contributed by atoms with Crippen LogP contribution >= 0.6 is 0 Å². The standard InChI is InChI=1S/C26H26N2O7/c1-2-3-13-35-14-12-15-4-6-16(7-5-15)27-17-8-10-19(29)23-21(17)25(31)22-18(28(33)34)9-11-20(30)24(22)26(23)32/h4-11,27-30,33H,2-3,12-14H2,1H3. The average Bonchev–Trinajstić information content (AvgIpc) is 2.84. The third-order valence-corrected chi connectivity index (χ3v) is 5.92. The molecule has 182 valence electrons. The third kappa shape index (κ3) is 4.75. The Morgan fingerprint density at radius 3 is 2.14 bits per heavy atom. The predicted octanol–water partition coefficient (Wildman–Crippen LogP) is 3.38. The molecule has 0 amide bonds. The minimum absolute atomic E-state index is 0.149. The average molecular weight is 479 g/mol. The number of benzene rings is 3. The van der Waals surface area contributed by atoms with E-state index in [1.807, 2.05) is 24.3 Å². The van der Waals surface area contributed by atoms with Crippen molar-refractivity contribution < 1.29 is 35.0 Å². The van der Waals surface area contributed by atoms with E-state index in [9.17, 15) is 30.2 Å². The lowest BCUT2D eigenvalue weighted by Gasteiger charge is -2.25. The zero-order valence-electron chi connectivity index (χ0n) is 19.1. The molecule has 0 saturated heterocycles. The van der Waals surface area contributed by atoms with E-state index in [0.29, 0.717) is 12.3 Å². The van der Waals surface area contributed by atoms with Gasteiger partial charge >= 0.3 is 0 Å². The Balaban J connectivity index is 1.65. The largest absolute Gasteiger partial charge is 0.595 e. The maximum absolute atomic E-state index is 13.4. The molecule has 0 saturated carbocycles. The molecule has 1 unspecified atom stereocenters. The van der Waals surface area contributed by atoms with Gasteiger partial charge in [-0.15, -0.1) is 0 Å². The zero-order chi connectivity index (χ0) is 25.1. The summed E-state index contributed by atoms with van der Waals surface area (Å²) in [6.45, 7) is 3.46. The first-order chi connectivity index (χ1) is 16.8. The van der Waals surface area contributed by atoms with Crippen LogP contribution in [0.3, 0.4) is 0 Å². The highest BCUT2D eigenvalue weighted by Gasteiger charge is 2.39. The van der Waals surface area contributed by atoms with Crippen molar-refractivity contribution in [3.8, 4) is 11.5 Å². The van der Waals surface area contributed by atoms with Crippen LogP contribution in [-0.2, 0) is 11.2 Å². The smallest absolute Gasteiger partial charge is 0.203 e. The fourth-order valence-electron chi connectivity index (χ4n) is 4.10. The van der Waals surface area contributed by atoms with E-state index in [0.717, 1.165) is 43.6 Å². The van der Waals surface area contributed by atoms with E-state index in [1.54, 1.807) is 0 Å². The number of quaternary nitrogens is 1. The number of hydrogen-bond acceptors (Lipinski definition) is 8. The number of fused-ring (bicyclic) bond motifs is 2. The van der Waals surface area contributed by atoms with E-state index >= 15 is 0 Å². The Hall–Kier alpha value is -3.76. The second-order valence-electron chi connectivity index (χ2n) is 8.27. The first-order valence-electron chi connectivity index (χ1n) is 11.3. The first kappa shape index (κ1) is 24.4. The second kappa shape index (κ2) is 10.2. The van der Waals surface area contributed by atoms with Crippen molar-refractivity contribution in [3.63, 3.8) is 0 Å². The molecule has 0 aromatic heterocycles. The molecule has 3 aromatic rings. The summed E-state index contributed by atoms with van der Waals surface area (Å²) in [5.41, 5.74) is 0.270. The molecule has 0 spiro atoms. The van der Waals surface area contributed by atoms with Gasteiger partial charge in [-0.2, -0.15) is 5.23 Å². The van der Waals surface area contributed by atoms with E-state index in [2.05, 4.69) is 12.2 Å². The maximum atomic E-state index is 13.4. The van der Waals surface area contributed by atoms with Crippen LogP contribution in [0.4, 0.5) is 17.1 Å². The number of hydrogen-bond donors (Lipinski definition) is 5. The van der Waals surface area contributed by atoms with Gasteiger partial charge in [-0.05, 0) is 48.7 Å². The molecule has 0 fully saturated rings. The Morgan fingerprint density at radius 2 is 1.49 bits per heavy atom. The van der Waals surface area contributed by atoms with Gasteiger partial charge in [0.1, 0.15) is 17.1 Å². The number of phenolic OH excluding ortho intramolecular Hbond substituents is 2. The van der Waals surface area contributed by atoms with Crippen molar-refractivity contribution in [3.05, 3.63) is 81.6 Å². The van der Waals surface area contributed by atoms with E-state index in [1.165, 1.54) is 12.1 Å². The molecule has 0 heterocycles. The van der Waals surface area contributed by atoms with Crippen molar-refractivity contribution >= 4 is 28.6 Å². The van der Waals surface area contributed by atoms with Crippen molar-refractivity contribution in [1.82, 2.24) is 0 Å². The molecule has 9 nitrogen and oxygen atoms in total. The highest BCUT2D eigenvalue weighted by atomic mass is 16.8. The van der Waals surface area contributed by atoms with Gasteiger partial charge in [-0.25, -0.2) is 5.21 Å². The molecular formula is C26H26N2O7. The Kier molecular flexibility index (Phi) is 7.13. The van der Waals surface area contributed by atoms with Crippen LogP contribution in [0.25, 0.3) is 0 Å². The lowest BCUT2D eigenvalue weighted by atomic mass is 9.81. The summed E-state index contributed by atoms with van der Waals surface area (Å²) < 4.78 is 5.59. The number of aromatic hydroxyl groups is 2. The summed E-state index contributed by atoms with van der Waals surface area (Å²) in [7, 11) is 0. The lowest BCUT2D eigenvalue weighted by molar-refractivity contribution is -0.991. The minimum atomic E-state index is -1.41. The third-order valence-electron chi connectivity index (χ3n) is 5.92. The quantitative estimate of drug-likeness (QED) is 0.140. The van der Waals surface area contributed by atoms with Crippen LogP contribution in [0.15, 0.2) is 48.5 Å². The molecule has 1 aliphatic carbocycles. The van der Waals surface area contributed by atoms with Crippen LogP contribution in [0.2, 0.25) is 0 Å². The van der Waals surface area contributed by atoms with Gasteiger partial charge in [-0.1, -0.05) is 25.5 Å². The number of phenols is 2. The van der Waals surface area contributed by atoms with Gasteiger partial charge in [0.2, 0.25) is 11.6 Å². The van der Waals surface area contributed by atoms with Crippen LogP contribution in [0.5, 0.6) is 11.5 Å². The molecule has 1 aliphatic rings. The highest BCUT2D eigenvalue weighted by Crippen LogP contribution is 2.42. The lowest BCUT2D eigenvalue weighted by Crippen LogP contribution is -2.99. The fourth-order valence-corrected chi connectivity index (χ4v) is 4.10. The number of anilines is 2. The summed E-state index contributed by atoms with van der Waals surface area (Å²) in [5, 5.41) is 43.6. The number of unbranched alkanes of at least 4 members (excludes halogenated alkanes) is 1. The molecular weight excluding hydrogens is 452 g/mol. The highest BCUT2D eigenvalue weighted by molar-refractivity contribution is 6.33. The van der Waals surface area contributed by atoms with Crippen LogP contribution < -0.4 is 10.5 Å². The molecule has 5 N–H and O–H groups in total. The van der Waals surface area contributed by atoms with Crippen LogP contribution in [0.1, 0.15) is 57.2 Å². The summed E-state index contributed by atoms with van der Waals surface area (Å²) in [6.07, 6.45) is 2.86. The number of ketones is 2. The summed E-state index contributed by atoms with van der Waals surface area (Å²) in [4.78, 5) is 26.6. The van der Waals surface area contributed by atoms with E-state index in [-0.39, 0.29) is 16.8 Å². The van der Waals surface area contributed by atoms with Gasteiger partial charge in [-0.3, -0.25) is 9.59 Å². The fraction of sp³-hybridized carbons (Fsp3) is 0.231. The second-order valence-corrected chi connectivity index (χ2v) is 8.27. The Labute approximate surface area is 201 Å². The molecule has 4 rings (SSSR count). The molecule has 0 radical (unpaired) electrons. The number of carbonyl (C=O) groups is 2. The summed E-state index contributed by atoms with van der Waals surface area (Å²) in [5.74, 6) is -2.56.